The van der Waals surface area contributed by atoms with Gasteiger partial charge in [-0.1, -0.05) is 62.2 Å². The van der Waals surface area contributed by atoms with Crippen LogP contribution in [-0.4, -0.2) is 15.3 Å². The molecule has 0 radical (unpaired) electrons. The van der Waals surface area contributed by atoms with Crippen LogP contribution < -0.4 is 9.47 Å². The Labute approximate surface area is 202 Å². The maximum atomic E-state index is 10.6. The van der Waals surface area contributed by atoms with E-state index in [1.807, 2.05) is 24.3 Å². The van der Waals surface area contributed by atoms with E-state index < -0.39 is 0 Å². The molecule has 7 heteroatoms. The number of aromatic nitrogens is 2. The standard InChI is InChI=1S/C26H24Cl2N2O3/c1-26(2,3)17-5-8-19(9-6-17)33-24-14-29-30-25(24)21-11-10-20(13-23(21)31)32-15-16-4-7-18(27)12-22(16)28/h4-14,31H,15H2,1-3H3,(H,29,30). The van der Waals surface area contributed by atoms with E-state index in [0.29, 0.717) is 38.6 Å². The number of aromatic hydroxyl groups is 1. The lowest BCUT2D eigenvalue weighted by molar-refractivity contribution is 0.304. The molecule has 0 atom stereocenters. The average molecular weight is 483 g/mol. The fraction of sp³-hybridized carbons (Fsp3) is 0.192. The van der Waals surface area contributed by atoms with Crippen molar-refractivity contribution in [2.24, 2.45) is 0 Å². The zero-order chi connectivity index (χ0) is 23.6. The largest absolute Gasteiger partial charge is 0.507 e. The van der Waals surface area contributed by atoms with Crippen LogP contribution in [0.2, 0.25) is 10.0 Å². The second-order valence-electron chi connectivity index (χ2n) is 8.69. The van der Waals surface area contributed by atoms with Gasteiger partial charge < -0.3 is 14.6 Å². The van der Waals surface area contributed by atoms with Crippen LogP contribution in [0.15, 0.2) is 66.9 Å². The lowest BCUT2D eigenvalue weighted by Gasteiger charge is -2.19. The Balaban J connectivity index is 1.49. The van der Waals surface area contributed by atoms with Crippen molar-refractivity contribution in [1.29, 1.82) is 0 Å². The van der Waals surface area contributed by atoms with Gasteiger partial charge in [-0.2, -0.15) is 5.10 Å². The number of aromatic amines is 1. The number of hydrogen-bond acceptors (Lipinski definition) is 4. The smallest absolute Gasteiger partial charge is 0.173 e. The van der Waals surface area contributed by atoms with Crippen LogP contribution in [0.3, 0.4) is 0 Å². The van der Waals surface area contributed by atoms with Gasteiger partial charge in [-0.05, 0) is 47.4 Å². The highest BCUT2D eigenvalue weighted by atomic mass is 35.5. The number of benzene rings is 3. The van der Waals surface area contributed by atoms with Crippen molar-refractivity contribution in [3.05, 3.63) is 88.0 Å². The number of hydrogen-bond donors (Lipinski definition) is 2. The Morgan fingerprint density at radius 2 is 1.67 bits per heavy atom. The Hall–Kier alpha value is -3.15. The summed E-state index contributed by atoms with van der Waals surface area (Å²) in [7, 11) is 0. The number of phenols is 1. The molecular weight excluding hydrogens is 459 g/mol. The second-order valence-corrected chi connectivity index (χ2v) is 9.53. The summed E-state index contributed by atoms with van der Waals surface area (Å²) in [5.74, 6) is 1.73. The molecule has 0 spiro atoms. The van der Waals surface area contributed by atoms with Crippen LogP contribution in [0.1, 0.15) is 31.9 Å². The fourth-order valence-electron chi connectivity index (χ4n) is 3.31. The molecule has 0 unspecified atom stereocenters. The topological polar surface area (TPSA) is 67.4 Å². The van der Waals surface area contributed by atoms with Gasteiger partial charge >= 0.3 is 0 Å². The minimum absolute atomic E-state index is 0.0342. The molecule has 1 heterocycles. The summed E-state index contributed by atoms with van der Waals surface area (Å²) in [5, 5.41) is 18.7. The summed E-state index contributed by atoms with van der Waals surface area (Å²) < 4.78 is 11.8. The Bertz CT molecular complexity index is 1260. The average Bonchev–Trinajstić information content (AvgIpc) is 3.21. The van der Waals surface area contributed by atoms with E-state index in [4.69, 9.17) is 32.7 Å². The van der Waals surface area contributed by atoms with E-state index >= 15 is 0 Å². The Morgan fingerprint density at radius 3 is 2.33 bits per heavy atom. The highest BCUT2D eigenvalue weighted by molar-refractivity contribution is 6.35. The van der Waals surface area contributed by atoms with Gasteiger partial charge in [-0.3, -0.25) is 5.10 Å². The summed E-state index contributed by atoms with van der Waals surface area (Å²) in [4.78, 5) is 0. The molecule has 0 aliphatic heterocycles. The molecule has 1 aromatic heterocycles. The minimum Gasteiger partial charge on any atom is -0.507 e. The van der Waals surface area contributed by atoms with Crippen molar-refractivity contribution in [2.45, 2.75) is 32.8 Å². The molecule has 0 aliphatic carbocycles. The summed E-state index contributed by atoms with van der Waals surface area (Å²) in [6.45, 7) is 6.74. The molecule has 170 valence electrons. The van der Waals surface area contributed by atoms with Gasteiger partial charge in [0.15, 0.2) is 5.75 Å². The molecule has 0 aliphatic rings. The van der Waals surface area contributed by atoms with Gasteiger partial charge in [0, 0.05) is 27.2 Å². The van der Waals surface area contributed by atoms with Crippen molar-refractivity contribution in [3.63, 3.8) is 0 Å². The molecule has 2 N–H and O–H groups in total. The molecule has 0 fully saturated rings. The van der Waals surface area contributed by atoms with E-state index in [0.717, 1.165) is 5.56 Å². The summed E-state index contributed by atoms with van der Waals surface area (Å²) >= 11 is 12.1. The van der Waals surface area contributed by atoms with Crippen molar-refractivity contribution < 1.29 is 14.6 Å². The monoisotopic (exact) mass is 482 g/mol. The van der Waals surface area contributed by atoms with E-state index in [1.165, 1.54) is 5.56 Å². The number of halogens is 2. The van der Waals surface area contributed by atoms with Gasteiger partial charge in [0.2, 0.25) is 0 Å². The maximum absolute atomic E-state index is 10.6. The Morgan fingerprint density at radius 1 is 0.939 bits per heavy atom. The molecule has 0 saturated carbocycles. The van der Waals surface area contributed by atoms with Crippen LogP contribution >= 0.6 is 23.2 Å². The number of nitrogens with zero attached hydrogens (tertiary/aromatic N) is 1. The summed E-state index contributed by atoms with van der Waals surface area (Å²) in [6, 6.07) is 18.2. The van der Waals surface area contributed by atoms with Crippen molar-refractivity contribution in [3.8, 4) is 34.3 Å². The predicted molar refractivity (Wildman–Crippen MR) is 132 cm³/mol. The van der Waals surface area contributed by atoms with Gasteiger partial charge in [0.05, 0.1) is 6.20 Å². The number of phenolic OH excluding ortho intramolecular Hbond substituents is 1. The molecule has 0 saturated heterocycles. The van der Waals surface area contributed by atoms with Crippen molar-refractivity contribution in [1.82, 2.24) is 10.2 Å². The van der Waals surface area contributed by atoms with Gasteiger partial charge in [-0.15, -0.1) is 0 Å². The maximum Gasteiger partial charge on any atom is 0.173 e. The first kappa shape index (κ1) is 23.0. The Kier molecular flexibility index (Phi) is 6.54. The van der Waals surface area contributed by atoms with Crippen molar-refractivity contribution in [2.75, 3.05) is 0 Å². The predicted octanol–water partition coefficient (Wildman–Crippen LogP) is 7.76. The normalized spacial score (nSPS) is 11.4. The first-order chi connectivity index (χ1) is 15.7. The van der Waals surface area contributed by atoms with Crippen LogP contribution in [0.4, 0.5) is 0 Å². The summed E-state index contributed by atoms with van der Waals surface area (Å²) in [5.41, 5.74) is 3.19. The van der Waals surface area contributed by atoms with E-state index in [9.17, 15) is 5.11 Å². The zero-order valence-corrected chi connectivity index (χ0v) is 20.0. The third kappa shape index (κ3) is 5.44. The van der Waals surface area contributed by atoms with Crippen molar-refractivity contribution >= 4 is 23.2 Å². The molecule has 0 amide bonds. The van der Waals surface area contributed by atoms with Crippen LogP contribution in [0, 0.1) is 0 Å². The highest BCUT2D eigenvalue weighted by Gasteiger charge is 2.16. The number of nitrogens with one attached hydrogen (secondary N) is 1. The molecule has 4 aromatic rings. The molecule has 3 aromatic carbocycles. The second kappa shape index (κ2) is 9.38. The lowest BCUT2D eigenvalue weighted by Crippen LogP contribution is -2.10. The third-order valence-corrected chi connectivity index (χ3v) is 5.79. The van der Waals surface area contributed by atoms with Gasteiger partial charge in [0.25, 0.3) is 0 Å². The number of H-pyrrole nitrogens is 1. The molecule has 0 bridgehead atoms. The molecule has 5 nitrogen and oxygen atoms in total. The van der Waals surface area contributed by atoms with E-state index in [2.05, 4.69) is 31.0 Å². The molecular formula is C26H24Cl2N2O3. The third-order valence-electron chi connectivity index (χ3n) is 5.20. The quantitative estimate of drug-likeness (QED) is 0.294. The van der Waals surface area contributed by atoms with Crippen LogP contribution in [-0.2, 0) is 12.0 Å². The zero-order valence-electron chi connectivity index (χ0n) is 18.5. The SMILES string of the molecule is CC(C)(C)c1ccc(Oc2cn[nH]c2-c2ccc(OCc3ccc(Cl)cc3Cl)cc2O)cc1. The first-order valence-corrected chi connectivity index (χ1v) is 11.2. The molecule has 4 rings (SSSR count). The minimum atomic E-state index is 0.0342. The van der Waals surface area contributed by atoms with Gasteiger partial charge in [0.1, 0.15) is 29.5 Å². The number of rotatable bonds is 6. The fourth-order valence-corrected chi connectivity index (χ4v) is 3.77. The van der Waals surface area contributed by atoms with Gasteiger partial charge in [-0.25, -0.2) is 0 Å². The van der Waals surface area contributed by atoms with Crippen LogP contribution in [0.25, 0.3) is 11.3 Å². The highest BCUT2D eigenvalue weighted by Crippen LogP contribution is 2.38. The summed E-state index contributed by atoms with van der Waals surface area (Å²) in [6.07, 6.45) is 1.58. The van der Waals surface area contributed by atoms with E-state index in [1.54, 1.807) is 42.6 Å². The first-order valence-electron chi connectivity index (χ1n) is 10.4. The molecule has 33 heavy (non-hydrogen) atoms. The van der Waals surface area contributed by atoms with Crippen LogP contribution in [0.5, 0.6) is 23.0 Å². The lowest BCUT2D eigenvalue weighted by atomic mass is 9.87. The van der Waals surface area contributed by atoms with E-state index in [-0.39, 0.29) is 17.8 Å². The number of ether oxygens (including phenoxy) is 2.